The number of esters is 1. The molecule has 0 unspecified atom stereocenters. The summed E-state index contributed by atoms with van der Waals surface area (Å²) in [6, 6.07) is 12.7. The van der Waals surface area contributed by atoms with Gasteiger partial charge in [-0.3, -0.25) is 4.57 Å². The Morgan fingerprint density at radius 2 is 2.07 bits per heavy atom. The van der Waals surface area contributed by atoms with Crippen LogP contribution >= 0.6 is 15.9 Å². The fourth-order valence-electron chi connectivity index (χ4n) is 2.92. The summed E-state index contributed by atoms with van der Waals surface area (Å²) in [7, 11) is 1.30. The lowest BCUT2D eigenvalue weighted by Gasteiger charge is -2.12. The van der Waals surface area contributed by atoms with E-state index in [1.807, 2.05) is 28.8 Å². The van der Waals surface area contributed by atoms with Crippen molar-refractivity contribution in [3.05, 3.63) is 64.1 Å². The molecule has 4 aromatic rings. The van der Waals surface area contributed by atoms with Crippen LogP contribution in [0.3, 0.4) is 0 Å². The van der Waals surface area contributed by atoms with Crippen LogP contribution in [0.5, 0.6) is 0 Å². The molecule has 138 valence electrons. The number of nitrogens with zero attached hydrogens (tertiary/aromatic N) is 6. The molecule has 28 heavy (non-hydrogen) atoms. The molecule has 3 heterocycles. The van der Waals surface area contributed by atoms with Crippen molar-refractivity contribution in [1.29, 1.82) is 5.26 Å². The Labute approximate surface area is 168 Å². The molecule has 0 saturated carbocycles. The predicted molar refractivity (Wildman–Crippen MR) is 104 cm³/mol. The van der Waals surface area contributed by atoms with E-state index in [0.29, 0.717) is 11.5 Å². The lowest BCUT2D eigenvalue weighted by molar-refractivity contribution is 0.0600. The number of fused-ring (bicyclic) bond motifs is 1. The van der Waals surface area contributed by atoms with Crippen molar-refractivity contribution in [3.8, 4) is 17.7 Å². The first-order chi connectivity index (χ1) is 13.5. The minimum Gasteiger partial charge on any atom is -0.465 e. The van der Waals surface area contributed by atoms with E-state index in [4.69, 9.17) is 10.00 Å². The van der Waals surface area contributed by atoms with Gasteiger partial charge in [-0.2, -0.15) is 10.4 Å². The molecule has 0 spiro atoms. The van der Waals surface area contributed by atoms with E-state index < -0.39 is 5.97 Å². The molecule has 0 N–H and O–H groups in total. The highest BCUT2D eigenvalue weighted by atomic mass is 79.9. The number of nitriles is 1. The van der Waals surface area contributed by atoms with E-state index in [1.165, 1.54) is 11.8 Å². The van der Waals surface area contributed by atoms with E-state index in [9.17, 15) is 4.79 Å². The Kier molecular flexibility index (Phi) is 4.41. The van der Waals surface area contributed by atoms with Gasteiger partial charge < -0.3 is 4.74 Å². The van der Waals surface area contributed by atoms with Gasteiger partial charge in [0.05, 0.1) is 18.1 Å². The van der Waals surface area contributed by atoms with E-state index >= 15 is 0 Å². The van der Waals surface area contributed by atoms with E-state index in [-0.39, 0.29) is 17.1 Å². The summed E-state index contributed by atoms with van der Waals surface area (Å²) in [6.07, 6.45) is 1.66. The molecule has 0 saturated heterocycles. The molecule has 1 aromatic carbocycles. The van der Waals surface area contributed by atoms with E-state index in [0.717, 1.165) is 15.5 Å². The van der Waals surface area contributed by atoms with Crippen LogP contribution in [-0.4, -0.2) is 37.4 Å². The van der Waals surface area contributed by atoms with Gasteiger partial charge in [0.25, 0.3) is 0 Å². The highest BCUT2D eigenvalue weighted by Gasteiger charge is 2.19. The zero-order valence-corrected chi connectivity index (χ0v) is 16.5. The largest absolute Gasteiger partial charge is 0.465 e. The predicted octanol–water partition coefficient (Wildman–Crippen LogP) is 3.34. The van der Waals surface area contributed by atoms with Crippen LogP contribution in [0.4, 0.5) is 0 Å². The summed E-state index contributed by atoms with van der Waals surface area (Å²) in [4.78, 5) is 21.3. The number of methoxy groups -OCH3 is 1. The number of aromatic nitrogens is 5. The SMILES string of the molecule is COC(=O)c1ccc(-n2cnc3cc(Br)ccc32)nc1-n1nc(C#N)cc1C. The summed E-state index contributed by atoms with van der Waals surface area (Å²) in [6.45, 7) is 1.79. The molecule has 0 bridgehead atoms. The van der Waals surface area contributed by atoms with Gasteiger partial charge in [0.15, 0.2) is 11.5 Å². The molecule has 3 aromatic heterocycles. The number of carbonyl (C=O) groups excluding carboxylic acids is 1. The molecule has 8 nitrogen and oxygen atoms in total. The number of benzene rings is 1. The maximum Gasteiger partial charge on any atom is 0.341 e. The quantitative estimate of drug-likeness (QED) is 0.456. The summed E-state index contributed by atoms with van der Waals surface area (Å²) in [5.41, 5.74) is 2.82. The lowest BCUT2D eigenvalue weighted by Crippen LogP contribution is -2.13. The van der Waals surface area contributed by atoms with Crippen molar-refractivity contribution < 1.29 is 9.53 Å². The van der Waals surface area contributed by atoms with Crippen LogP contribution in [0.15, 0.2) is 47.2 Å². The Bertz CT molecular complexity index is 1270. The van der Waals surface area contributed by atoms with Crippen molar-refractivity contribution in [1.82, 2.24) is 24.3 Å². The number of halogens is 1. The average Bonchev–Trinajstić information content (AvgIpc) is 3.29. The van der Waals surface area contributed by atoms with Crippen molar-refractivity contribution in [2.45, 2.75) is 6.92 Å². The Hall–Kier alpha value is -3.51. The topological polar surface area (TPSA) is 98.6 Å². The first kappa shape index (κ1) is 17.9. The maximum atomic E-state index is 12.3. The molecule has 0 aliphatic carbocycles. The Balaban J connectivity index is 1.94. The van der Waals surface area contributed by atoms with E-state index in [2.05, 4.69) is 31.0 Å². The van der Waals surface area contributed by atoms with Gasteiger partial charge in [-0.05, 0) is 43.3 Å². The van der Waals surface area contributed by atoms with Gasteiger partial charge in [-0.15, -0.1) is 0 Å². The molecule has 0 aliphatic rings. The van der Waals surface area contributed by atoms with Crippen molar-refractivity contribution in [2.24, 2.45) is 0 Å². The first-order valence-corrected chi connectivity index (χ1v) is 9.00. The number of hydrogen-bond donors (Lipinski definition) is 0. The van der Waals surface area contributed by atoms with Gasteiger partial charge in [-0.1, -0.05) is 15.9 Å². The van der Waals surface area contributed by atoms with Crippen LogP contribution in [-0.2, 0) is 4.74 Å². The van der Waals surface area contributed by atoms with E-state index in [1.54, 1.807) is 31.5 Å². The second kappa shape index (κ2) is 6.90. The second-order valence-electron chi connectivity index (χ2n) is 5.97. The third-order valence-electron chi connectivity index (χ3n) is 4.22. The summed E-state index contributed by atoms with van der Waals surface area (Å²) in [5, 5.41) is 13.4. The van der Waals surface area contributed by atoms with Crippen LogP contribution in [0.2, 0.25) is 0 Å². The molecule has 0 fully saturated rings. The number of hydrogen-bond acceptors (Lipinski definition) is 6. The fraction of sp³-hybridized carbons (Fsp3) is 0.105. The highest BCUT2D eigenvalue weighted by molar-refractivity contribution is 9.10. The summed E-state index contributed by atoms with van der Waals surface area (Å²) >= 11 is 3.44. The molecule has 4 rings (SSSR count). The number of rotatable bonds is 3. The molecule has 0 atom stereocenters. The monoisotopic (exact) mass is 436 g/mol. The molecular formula is C19H13BrN6O2. The average molecular weight is 437 g/mol. The molecular weight excluding hydrogens is 424 g/mol. The van der Waals surface area contributed by atoms with Gasteiger partial charge in [0.1, 0.15) is 23.8 Å². The van der Waals surface area contributed by atoms with Gasteiger partial charge in [0, 0.05) is 10.2 Å². The summed E-state index contributed by atoms with van der Waals surface area (Å²) < 4.78 is 9.08. The van der Waals surface area contributed by atoms with Gasteiger partial charge >= 0.3 is 5.97 Å². The normalized spacial score (nSPS) is 10.8. The Morgan fingerprint density at radius 1 is 1.25 bits per heavy atom. The number of carbonyl (C=O) groups is 1. The Morgan fingerprint density at radius 3 is 2.79 bits per heavy atom. The number of pyridine rings is 1. The lowest BCUT2D eigenvalue weighted by atomic mass is 10.2. The molecule has 0 amide bonds. The minimum atomic E-state index is -0.540. The number of imidazole rings is 1. The van der Waals surface area contributed by atoms with Crippen molar-refractivity contribution in [2.75, 3.05) is 7.11 Å². The zero-order chi connectivity index (χ0) is 19.8. The third kappa shape index (κ3) is 2.93. The van der Waals surface area contributed by atoms with Crippen LogP contribution in [0.25, 0.3) is 22.7 Å². The number of ether oxygens (including phenoxy) is 1. The fourth-order valence-corrected chi connectivity index (χ4v) is 3.26. The minimum absolute atomic E-state index is 0.235. The second-order valence-corrected chi connectivity index (χ2v) is 6.89. The standard InChI is InChI=1S/C19H13BrN6O2/c1-11-7-13(9-21)24-26(11)18-14(19(27)28-2)4-6-17(23-18)25-10-22-15-8-12(20)3-5-16(15)25/h3-8,10H,1-2H3. The van der Waals surface area contributed by atoms with Crippen molar-refractivity contribution in [3.63, 3.8) is 0 Å². The van der Waals surface area contributed by atoms with Crippen molar-refractivity contribution >= 4 is 32.9 Å². The molecule has 0 aliphatic heterocycles. The highest BCUT2D eigenvalue weighted by Crippen LogP contribution is 2.23. The van der Waals surface area contributed by atoms with Crippen LogP contribution in [0, 0.1) is 18.3 Å². The zero-order valence-electron chi connectivity index (χ0n) is 14.9. The number of aryl methyl sites for hydroxylation is 1. The molecule has 0 radical (unpaired) electrons. The maximum absolute atomic E-state index is 12.3. The van der Waals surface area contributed by atoms with Gasteiger partial charge in [-0.25, -0.2) is 19.4 Å². The smallest absolute Gasteiger partial charge is 0.341 e. The van der Waals surface area contributed by atoms with Gasteiger partial charge in [0.2, 0.25) is 0 Å². The first-order valence-electron chi connectivity index (χ1n) is 8.21. The van der Waals surface area contributed by atoms with Crippen LogP contribution in [0.1, 0.15) is 21.7 Å². The third-order valence-corrected chi connectivity index (χ3v) is 4.72. The van der Waals surface area contributed by atoms with Crippen LogP contribution < -0.4 is 0 Å². The molecule has 9 heteroatoms. The summed E-state index contributed by atoms with van der Waals surface area (Å²) in [5.74, 6) is 0.296.